The molecule has 0 radical (unpaired) electrons. The Kier molecular flexibility index (Phi) is 3.48. The molecule has 0 spiro atoms. The molecule has 0 saturated carbocycles. The summed E-state index contributed by atoms with van der Waals surface area (Å²) < 4.78 is 11.1. The van der Waals surface area contributed by atoms with Gasteiger partial charge in [-0.15, -0.1) is 0 Å². The summed E-state index contributed by atoms with van der Waals surface area (Å²) in [7, 11) is 0. The maximum atomic E-state index is 12.6. The van der Waals surface area contributed by atoms with Crippen LogP contribution in [0.4, 0.5) is 0 Å². The summed E-state index contributed by atoms with van der Waals surface area (Å²) in [5, 5.41) is 0.597. The number of hydrogen-bond donors (Lipinski definition) is 0. The highest BCUT2D eigenvalue weighted by atomic mass is 16.5. The van der Waals surface area contributed by atoms with Gasteiger partial charge in [-0.25, -0.2) is 0 Å². The Hall–Kier alpha value is -2.55. The van der Waals surface area contributed by atoms with E-state index < -0.39 is 0 Å². The number of hydrogen-bond acceptors (Lipinski definition) is 3. The molecule has 1 aromatic heterocycles. The van der Waals surface area contributed by atoms with Gasteiger partial charge in [-0.05, 0) is 49.2 Å². The zero-order valence-electron chi connectivity index (χ0n) is 12.1. The van der Waals surface area contributed by atoms with Crippen LogP contribution in [0.2, 0.25) is 0 Å². The SMILES string of the molecule is CCOc1cccc(-c2coc3cc(C)ccc3c2=O)c1. The van der Waals surface area contributed by atoms with Crippen molar-refractivity contribution in [2.75, 3.05) is 6.61 Å². The molecule has 2 aromatic carbocycles. The molecule has 3 rings (SSSR count). The summed E-state index contributed by atoms with van der Waals surface area (Å²) in [6, 6.07) is 13.1. The summed E-state index contributed by atoms with van der Waals surface area (Å²) in [6.45, 7) is 4.49. The Morgan fingerprint density at radius 2 is 2.00 bits per heavy atom. The van der Waals surface area contributed by atoms with Crippen molar-refractivity contribution in [2.45, 2.75) is 13.8 Å². The average molecular weight is 280 g/mol. The Morgan fingerprint density at radius 1 is 1.14 bits per heavy atom. The lowest BCUT2D eigenvalue weighted by atomic mass is 10.0. The second-order valence-corrected chi connectivity index (χ2v) is 4.94. The smallest absolute Gasteiger partial charge is 0.200 e. The van der Waals surface area contributed by atoms with Crippen LogP contribution < -0.4 is 10.2 Å². The molecule has 0 aliphatic rings. The van der Waals surface area contributed by atoms with Gasteiger partial charge in [0.15, 0.2) is 5.43 Å². The standard InChI is InChI=1S/C18H16O3/c1-3-20-14-6-4-5-13(10-14)16-11-21-17-9-12(2)7-8-15(17)18(16)19/h4-11H,3H2,1-2H3. The van der Waals surface area contributed by atoms with Gasteiger partial charge in [0.05, 0.1) is 17.6 Å². The molecule has 0 bridgehead atoms. The lowest BCUT2D eigenvalue weighted by Gasteiger charge is -2.06. The first-order valence-electron chi connectivity index (χ1n) is 6.94. The van der Waals surface area contributed by atoms with E-state index in [0.29, 0.717) is 23.1 Å². The molecule has 0 aliphatic carbocycles. The quantitative estimate of drug-likeness (QED) is 0.723. The number of fused-ring (bicyclic) bond motifs is 1. The van der Waals surface area contributed by atoms with Crippen LogP contribution in [0.15, 0.2) is 57.9 Å². The summed E-state index contributed by atoms with van der Waals surface area (Å²) in [6.07, 6.45) is 1.52. The van der Waals surface area contributed by atoms with Crippen LogP contribution in [0, 0.1) is 6.92 Å². The molecule has 3 heteroatoms. The Balaban J connectivity index is 2.17. The van der Waals surface area contributed by atoms with Gasteiger partial charge >= 0.3 is 0 Å². The third kappa shape index (κ3) is 2.55. The highest BCUT2D eigenvalue weighted by Gasteiger charge is 2.09. The fourth-order valence-corrected chi connectivity index (χ4v) is 2.35. The zero-order valence-corrected chi connectivity index (χ0v) is 12.1. The molecule has 1 heterocycles. The van der Waals surface area contributed by atoms with Crippen molar-refractivity contribution in [3.05, 3.63) is 64.5 Å². The van der Waals surface area contributed by atoms with Crippen molar-refractivity contribution in [3.8, 4) is 16.9 Å². The largest absolute Gasteiger partial charge is 0.494 e. The molecule has 0 unspecified atom stereocenters. The number of rotatable bonds is 3. The summed E-state index contributed by atoms with van der Waals surface area (Å²) in [4.78, 5) is 12.6. The minimum Gasteiger partial charge on any atom is -0.494 e. The molecule has 0 aliphatic heterocycles. The fourth-order valence-electron chi connectivity index (χ4n) is 2.35. The van der Waals surface area contributed by atoms with Crippen molar-refractivity contribution < 1.29 is 9.15 Å². The molecule has 0 atom stereocenters. The topological polar surface area (TPSA) is 39.4 Å². The van der Waals surface area contributed by atoms with Crippen LogP contribution >= 0.6 is 0 Å². The van der Waals surface area contributed by atoms with Gasteiger partial charge in [0.25, 0.3) is 0 Å². The van der Waals surface area contributed by atoms with Crippen molar-refractivity contribution in [1.82, 2.24) is 0 Å². The lowest BCUT2D eigenvalue weighted by molar-refractivity contribution is 0.340. The third-order valence-electron chi connectivity index (χ3n) is 3.39. The summed E-state index contributed by atoms with van der Waals surface area (Å²) in [5.41, 5.74) is 3.01. The Bertz CT molecular complexity index is 846. The molecule has 0 saturated heterocycles. The predicted octanol–water partition coefficient (Wildman–Crippen LogP) is 4.17. The normalized spacial score (nSPS) is 10.8. The van der Waals surface area contributed by atoms with Crippen molar-refractivity contribution in [3.63, 3.8) is 0 Å². The average Bonchev–Trinajstić information content (AvgIpc) is 2.48. The van der Waals surface area contributed by atoms with E-state index >= 15 is 0 Å². The Morgan fingerprint density at radius 3 is 2.81 bits per heavy atom. The molecule has 0 amide bonds. The highest BCUT2D eigenvalue weighted by Crippen LogP contribution is 2.24. The zero-order chi connectivity index (χ0) is 14.8. The van der Waals surface area contributed by atoms with Crippen LogP contribution in [0.25, 0.3) is 22.1 Å². The van der Waals surface area contributed by atoms with E-state index in [1.165, 1.54) is 6.26 Å². The minimum absolute atomic E-state index is 0.0232. The van der Waals surface area contributed by atoms with E-state index in [1.54, 1.807) is 0 Å². The van der Waals surface area contributed by atoms with Gasteiger partial charge < -0.3 is 9.15 Å². The van der Waals surface area contributed by atoms with Crippen molar-refractivity contribution in [1.29, 1.82) is 0 Å². The van der Waals surface area contributed by atoms with E-state index in [4.69, 9.17) is 9.15 Å². The summed E-state index contributed by atoms with van der Waals surface area (Å²) >= 11 is 0. The molecule has 106 valence electrons. The van der Waals surface area contributed by atoms with Crippen LogP contribution in [0.5, 0.6) is 5.75 Å². The van der Waals surface area contributed by atoms with Gasteiger partial charge in [-0.3, -0.25) is 4.79 Å². The number of ether oxygens (including phenoxy) is 1. The van der Waals surface area contributed by atoms with Crippen molar-refractivity contribution >= 4 is 11.0 Å². The molecular weight excluding hydrogens is 264 g/mol. The molecule has 21 heavy (non-hydrogen) atoms. The lowest BCUT2D eigenvalue weighted by Crippen LogP contribution is -2.05. The van der Waals surface area contributed by atoms with E-state index in [1.807, 2.05) is 56.3 Å². The first-order chi connectivity index (χ1) is 10.2. The molecule has 3 nitrogen and oxygen atoms in total. The Labute approximate surface area is 122 Å². The molecule has 0 fully saturated rings. The van der Waals surface area contributed by atoms with E-state index in [9.17, 15) is 4.79 Å². The first kappa shape index (κ1) is 13.4. The maximum Gasteiger partial charge on any atom is 0.200 e. The van der Waals surface area contributed by atoms with Gasteiger partial charge in [0, 0.05) is 0 Å². The minimum atomic E-state index is -0.0232. The maximum absolute atomic E-state index is 12.6. The van der Waals surface area contributed by atoms with Crippen LogP contribution in [0.3, 0.4) is 0 Å². The van der Waals surface area contributed by atoms with Gasteiger partial charge in [-0.2, -0.15) is 0 Å². The third-order valence-corrected chi connectivity index (χ3v) is 3.39. The fraction of sp³-hybridized carbons (Fsp3) is 0.167. The number of benzene rings is 2. The van der Waals surface area contributed by atoms with Crippen LogP contribution in [-0.4, -0.2) is 6.61 Å². The second kappa shape index (κ2) is 5.44. The number of aryl methyl sites for hydroxylation is 1. The van der Waals surface area contributed by atoms with Crippen molar-refractivity contribution in [2.24, 2.45) is 0 Å². The molecular formula is C18H16O3. The van der Waals surface area contributed by atoms with E-state index in [0.717, 1.165) is 16.9 Å². The van der Waals surface area contributed by atoms with Gasteiger partial charge in [0.2, 0.25) is 0 Å². The first-order valence-corrected chi connectivity index (χ1v) is 6.94. The second-order valence-electron chi connectivity index (χ2n) is 4.94. The van der Waals surface area contributed by atoms with Crippen LogP contribution in [-0.2, 0) is 0 Å². The van der Waals surface area contributed by atoms with E-state index in [-0.39, 0.29) is 5.43 Å². The highest BCUT2D eigenvalue weighted by molar-refractivity contribution is 5.82. The van der Waals surface area contributed by atoms with Gasteiger partial charge in [0.1, 0.15) is 17.6 Å². The van der Waals surface area contributed by atoms with Crippen LogP contribution in [0.1, 0.15) is 12.5 Å². The van der Waals surface area contributed by atoms with E-state index in [2.05, 4.69) is 0 Å². The summed E-state index contributed by atoms with van der Waals surface area (Å²) in [5.74, 6) is 0.749. The molecule has 3 aromatic rings. The predicted molar refractivity (Wildman–Crippen MR) is 83.8 cm³/mol. The molecule has 0 N–H and O–H groups in total. The monoisotopic (exact) mass is 280 g/mol. The van der Waals surface area contributed by atoms with Gasteiger partial charge in [-0.1, -0.05) is 18.2 Å².